The van der Waals surface area contributed by atoms with Gasteiger partial charge in [-0.1, -0.05) is 5.16 Å². The molecule has 0 aliphatic rings. The number of nitrogens with zero attached hydrogens (tertiary/aromatic N) is 5. The Kier molecular flexibility index (Phi) is 2.32. The maximum absolute atomic E-state index is 8.71. The molecule has 3 heterocycles. The molecule has 0 spiro atoms. The number of hydrogen-bond donors (Lipinski definition) is 1. The molecular formula is C11H6N6O. The molecule has 0 unspecified atom stereocenters. The Morgan fingerprint density at radius 2 is 2.00 bits per heavy atom. The van der Waals surface area contributed by atoms with Crippen LogP contribution in [0.1, 0.15) is 5.69 Å². The van der Waals surface area contributed by atoms with E-state index in [9.17, 15) is 0 Å². The highest BCUT2D eigenvalue weighted by molar-refractivity contribution is 5.53. The van der Waals surface area contributed by atoms with Crippen molar-refractivity contribution in [3.63, 3.8) is 0 Å². The minimum absolute atomic E-state index is 0.291. The first-order valence-corrected chi connectivity index (χ1v) is 5.07. The lowest BCUT2D eigenvalue weighted by Crippen LogP contribution is -1.88. The van der Waals surface area contributed by atoms with Gasteiger partial charge in [-0.2, -0.15) is 10.2 Å². The van der Waals surface area contributed by atoms with Crippen molar-refractivity contribution < 1.29 is 4.52 Å². The van der Waals surface area contributed by atoms with Crippen LogP contribution < -0.4 is 0 Å². The smallest absolute Gasteiger partial charge is 0.274 e. The van der Waals surface area contributed by atoms with Crippen molar-refractivity contribution in [2.75, 3.05) is 0 Å². The fraction of sp³-hybridized carbons (Fsp3) is 0. The Hall–Kier alpha value is -3.01. The third kappa shape index (κ3) is 1.72. The maximum atomic E-state index is 8.71. The molecule has 3 rings (SSSR count). The van der Waals surface area contributed by atoms with Crippen LogP contribution in [0.15, 0.2) is 35.1 Å². The maximum Gasteiger partial charge on any atom is 0.274 e. The van der Waals surface area contributed by atoms with Gasteiger partial charge >= 0.3 is 0 Å². The van der Waals surface area contributed by atoms with Gasteiger partial charge in [-0.3, -0.25) is 0 Å². The van der Waals surface area contributed by atoms with Gasteiger partial charge in [0, 0.05) is 12.4 Å². The van der Waals surface area contributed by atoms with Crippen LogP contribution in [-0.2, 0) is 0 Å². The summed E-state index contributed by atoms with van der Waals surface area (Å²) in [6.07, 6.45) is 3.20. The molecule has 0 aliphatic heterocycles. The summed E-state index contributed by atoms with van der Waals surface area (Å²) in [5.74, 6) is 0.984. The Balaban J connectivity index is 1.97. The van der Waals surface area contributed by atoms with Crippen LogP contribution >= 0.6 is 0 Å². The molecule has 0 bridgehead atoms. The van der Waals surface area contributed by atoms with Gasteiger partial charge in [0.15, 0.2) is 0 Å². The molecule has 0 aromatic carbocycles. The molecule has 3 aromatic rings. The first-order valence-electron chi connectivity index (χ1n) is 5.07. The molecule has 7 nitrogen and oxygen atoms in total. The van der Waals surface area contributed by atoms with E-state index in [1.54, 1.807) is 30.6 Å². The lowest BCUT2D eigenvalue weighted by molar-refractivity contribution is 0.430. The van der Waals surface area contributed by atoms with Gasteiger partial charge < -0.3 is 9.51 Å². The quantitative estimate of drug-likeness (QED) is 0.723. The van der Waals surface area contributed by atoms with Crippen molar-refractivity contribution in [2.45, 2.75) is 0 Å². The summed E-state index contributed by atoms with van der Waals surface area (Å²) in [5.41, 5.74) is 1.02. The molecule has 0 aliphatic carbocycles. The van der Waals surface area contributed by atoms with E-state index >= 15 is 0 Å². The van der Waals surface area contributed by atoms with E-state index in [1.807, 2.05) is 6.07 Å². The topological polar surface area (TPSA) is 104 Å². The molecule has 3 aromatic heterocycles. The van der Waals surface area contributed by atoms with E-state index in [0.717, 1.165) is 0 Å². The zero-order chi connectivity index (χ0) is 12.4. The fourth-order valence-electron chi connectivity index (χ4n) is 1.42. The first-order chi connectivity index (χ1) is 8.86. The monoisotopic (exact) mass is 238 g/mol. The van der Waals surface area contributed by atoms with Gasteiger partial charge in [0.1, 0.15) is 17.5 Å². The Labute approximate surface area is 101 Å². The van der Waals surface area contributed by atoms with E-state index in [2.05, 4.69) is 25.1 Å². The van der Waals surface area contributed by atoms with Crippen molar-refractivity contribution in [3.8, 4) is 29.3 Å². The number of aromatic amines is 1. The van der Waals surface area contributed by atoms with Crippen LogP contribution in [-0.4, -0.2) is 25.1 Å². The van der Waals surface area contributed by atoms with Gasteiger partial charge in [0.2, 0.25) is 11.6 Å². The molecule has 86 valence electrons. The Bertz CT molecular complexity index is 708. The van der Waals surface area contributed by atoms with Gasteiger partial charge in [-0.15, -0.1) is 0 Å². The van der Waals surface area contributed by atoms with Crippen LogP contribution in [0.3, 0.4) is 0 Å². The Morgan fingerprint density at radius 3 is 2.72 bits per heavy atom. The first kappa shape index (κ1) is 10.2. The molecule has 0 saturated carbocycles. The summed E-state index contributed by atoms with van der Waals surface area (Å²) < 4.78 is 5.08. The van der Waals surface area contributed by atoms with Crippen LogP contribution in [0, 0.1) is 11.3 Å². The van der Waals surface area contributed by atoms with Crippen molar-refractivity contribution in [1.82, 2.24) is 25.1 Å². The number of hydrogen-bond acceptors (Lipinski definition) is 6. The van der Waals surface area contributed by atoms with Gasteiger partial charge in [-0.05, 0) is 18.2 Å². The molecule has 0 saturated heterocycles. The van der Waals surface area contributed by atoms with E-state index in [-0.39, 0.29) is 0 Å². The van der Waals surface area contributed by atoms with Crippen molar-refractivity contribution in [3.05, 3.63) is 36.3 Å². The average molecular weight is 238 g/mol. The minimum atomic E-state index is 0.291. The minimum Gasteiger partial charge on any atom is -0.342 e. The van der Waals surface area contributed by atoms with Crippen LogP contribution in [0.25, 0.3) is 23.2 Å². The molecular weight excluding hydrogens is 232 g/mol. The summed E-state index contributed by atoms with van der Waals surface area (Å²) in [6.45, 7) is 0. The Morgan fingerprint density at radius 1 is 1.17 bits per heavy atom. The summed E-state index contributed by atoms with van der Waals surface area (Å²) >= 11 is 0. The second-order valence-corrected chi connectivity index (χ2v) is 3.39. The average Bonchev–Trinajstić information content (AvgIpc) is 3.08. The second kappa shape index (κ2) is 4.10. The molecule has 0 radical (unpaired) electrons. The number of H-pyrrole nitrogens is 1. The van der Waals surface area contributed by atoms with Crippen molar-refractivity contribution >= 4 is 0 Å². The van der Waals surface area contributed by atoms with Gasteiger partial charge in [0.05, 0.1) is 0 Å². The summed E-state index contributed by atoms with van der Waals surface area (Å²) in [7, 11) is 0. The lowest BCUT2D eigenvalue weighted by atomic mass is 10.4. The van der Waals surface area contributed by atoms with Crippen LogP contribution in [0.2, 0.25) is 0 Å². The molecule has 0 atom stereocenters. The fourth-order valence-corrected chi connectivity index (χ4v) is 1.42. The highest BCUT2D eigenvalue weighted by atomic mass is 16.5. The predicted octanol–water partition coefficient (Wildman–Crippen LogP) is 1.39. The van der Waals surface area contributed by atoms with E-state index < -0.39 is 0 Å². The summed E-state index contributed by atoms with van der Waals surface area (Å²) in [5, 5.41) is 12.5. The number of nitriles is 1. The largest absolute Gasteiger partial charge is 0.342 e. The zero-order valence-corrected chi connectivity index (χ0v) is 9.03. The number of aromatic nitrogens is 5. The highest BCUT2D eigenvalue weighted by Crippen LogP contribution is 2.19. The zero-order valence-electron chi connectivity index (χ0n) is 9.03. The molecule has 0 amide bonds. The number of nitrogens with one attached hydrogen (secondary N) is 1. The van der Waals surface area contributed by atoms with Crippen LogP contribution in [0.4, 0.5) is 0 Å². The molecule has 0 fully saturated rings. The molecule has 1 N–H and O–H groups in total. The van der Waals surface area contributed by atoms with Crippen molar-refractivity contribution in [2.24, 2.45) is 0 Å². The third-order valence-electron chi connectivity index (χ3n) is 2.23. The normalized spacial score (nSPS) is 10.2. The van der Waals surface area contributed by atoms with E-state index in [0.29, 0.717) is 28.9 Å². The van der Waals surface area contributed by atoms with E-state index in [1.165, 1.54) is 0 Å². The van der Waals surface area contributed by atoms with Crippen LogP contribution in [0.5, 0.6) is 0 Å². The molecule has 18 heavy (non-hydrogen) atoms. The van der Waals surface area contributed by atoms with Gasteiger partial charge in [0.25, 0.3) is 5.89 Å². The standard InChI is InChI=1S/C11H6N6O/c12-6-7-2-3-8(15-7)11-16-10(17-18-11)9-13-4-1-5-14-9/h1-5,15H. The highest BCUT2D eigenvalue weighted by Gasteiger charge is 2.13. The SMILES string of the molecule is N#Cc1ccc(-c2nc(-c3ncccn3)no2)[nH]1. The third-order valence-corrected chi connectivity index (χ3v) is 2.23. The second-order valence-electron chi connectivity index (χ2n) is 3.39. The molecule has 7 heteroatoms. The van der Waals surface area contributed by atoms with Gasteiger partial charge in [-0.25, -0.2) is 9.97 Å². The van der Waals surface area contributed by atoms with E-state index in [4.69, 9.17) is 9.78 Å². The summed E-state index contributed by atoms with van der Waals surface area (Å²) in [4.78, 5) is 15.0. The van der Waals surface area contributed by atoms with Crippen molar-refractivity contribution in [1.29, 1.82) is 5.26 Å². The summed E-state index contributed by atoms with van der Waals surface area (Å²) in [6, 6.07) is 7.02. The lowest BCUT2D eigenvalue weighted by Gasteiger charge is -1.88. The number of rotatable bonds is 2. The predicted molar refractivity (Wildman–Crippen MR) is 59.8 cm³/mol.